The number of hydrogen-bond donors (Lipinski definition) is 2. The third kappa shape index (κ3) is 5.92. The first kappa shape index (κ1) is 21.1. The van der Waals surface area contributed by atoms with E-state index in [0.29, 0.717) is 17.3 Å². The zero-order valence-corrected chi connectivity index (χ0v) is 17.9. The first-order valence-corrected chi connectivity index (χ1v) is 10.9. The first-order valence-electron chi connectivity index (χ1n) is 10.9. The van der Waals surface area contributed by atoms with Gasteiger partial charge in [-0.05, 0) is 57.9 Å². The molecule has 0 aliphatic heterocycles. The van der Waals surface area contributed by atoms with Crippen LogP contribution in [-0.4, -0.2) is 35.0 Å². The summed E-state index contributed by atoms with van der Waals surface area (Å²) in [6, 6.07) is 10.3. The minimum Gasteiger partial charge on any atom is -0.372 e. The highest BCUT2D eigenvalue weighted by Crippen LogP contribution is 2.21. The summed E-state index contributed by atoms with van der Waals surface area (Å²) in [5.41, 5.74) is 2.56. The molecular formula is C23H33N5O. The van der Waals surface area contributed by atoms with E-state index in [4.69, 9.17) is 0 Å². The number of nitrogens with zero attached hydrogens (tertiary/aromatic N) is 3. The lowest BCUT2D eigenvalue weighted by Gasteiger charge is -2.21. The third-order valence-corrected chi connectivity index (χ3v) is 5.53. The summed E-state index contributed by atoms with van der Waals surface area (Å²) in [7, 11) is 0. The molecule has 1 aliphatic carbocycles. The van der Waals surface area contributed by atoms with Gasteiger partial charge in [-0.3, -0.25) is 4.79 Å². The zero-order chi connectivity index (χ0) is 20.6. The number of nitrogens with one attached hydrogen (secondary N) is 2. The largest absolute Gasteiger partial charge is 0.372 e. The van der Waals surface area contributed by atoms with Gasteiger partial charge in [0, 0.05) is 36.6 Å². The highest BCUT2D eigenvalue weighted by atomic mass is 16.1. The fraction of sp³-hybridized carbons (Fsp3) is 0.522. The van der Waals surface area contributed by atoms with Crippen molar-refractivity contribution in [2.45, 2.75) is 65.3 Å². The van der Waals surface area contributed by atoms with Gasteiger partial charge in [0.25, 0.3) is 5.91 Å². The number of amides is 1. The van der Waals surface area contributed by atoms with Crippen LogP contribution in [0.25, 0.3) is 0 Å². The Kier molecular flexibility index (Phi) is 7.44. The number of aromatic nitrogens is 2. The van der Waals surface area contributed by atoms with E-state index in [1.165, 1.54) is 31.4 Å². The smallest absolute Gasteiger partial charge is 0.270 e. The summed E-state index contributed by atoms with van der Waals surface area (Å²) in [5, 5.41) is 6.47. The molecule has 0 radical (unpaired) electrons. The molecule has 0 spiro atoms. The zero-order valence-electron chi connectivity index (χ0n) is 17.9. The summed E-state index contributed by atoms with van der Waals surface area (Å²) in [5.74, 6) is 1.11. The Labute approximate surface area is 174 Å². The number of benzene rings is 1. The van der Waals surface area contributed by atoms with Gasteiger partial charge in [-0.2, -0.15) is 0 Å². The molecule has 1 aliphatic rings. The van der Waals surface area contributed by atoms with Gasteiger partial charge in [0.15, 0.2) is 0 Å². The van der Waals surface area contributed by atoms with Crippen molar-refractivity contribution in [3.8, 4) is 0 Å². The number of aryl methyl sites for hydroxylation is 1. The fourth-order valence-electron chi connectivity index (χ4n) is 3.92. The first-order chi connectivity index (χ1) is 14.1. The second-order valence-electron chi connectivity index (χ2n) is 7.69. The van der Waals surface area contributed by atoms with Gasteiger partial charge in [-0.1, -0.05) is 25.7 Å². The lowest BCUT2D eigenvalue weighted by atomic mass is 10.1. The Balaban J connectivity index is 1.69. The topological polar surface area (TPSA) is 70.2 Å². The SMILES string of the molecule is CCN(CC)c1ccc(Nc2cc(C(=O)NC3CCCCCC3)nc(C)n2)cc1. The summed E-state index contributed by atoms with van der Waals surface area (Å²) >= 11 is 0. The van der Waals surface area contributed by atoms with Gasteiger partial charge in [0.1, 0.15) is 17.3 Å². The summed E-state index contributed by atoms with van der Waals surface area (Å²) in [6.45, 7) is 8.08. The van der Waals surface area contributed by atoms with E-state index < -0.39 is 0 Å². The van der Waals surface area contributed by atoms with Crippen LogP contribution in [0.4, 0.5) is 17.2 Å². The molecule has 1 saturated carbocycles. The summed E-state index contributed by atoms with van der Waals surface area (Å²) < 4.78 is 0. The normalized spacial score (nSPS) is 14.9. The molecule has 1 fully saturated rings. The van der Waals surface area contributed by atoms with Gasteiger partial charge in [0.2, 0.25) is 0 Å². The molecule has 6 heteroatoms. The molecule has 1 aromatic carbocycles. The number of carbonyl (C=O) groups is 1. The van der Waals surface area contributed by atoms with Crippen molar-refractivity contribution in [2.24, 2.45) is 0 Å². The lowest BCUT2D eigenvalue weighted by molar-refractivity contribution is 0.0928. The predicted octanol–water partition coefficient (Wildman–Crippen LogP) is 4.83. The van der Waals surface area contributed by atoms with Crippen LogP contribution in [0.1, 0.15) is 68.7 Å². The maximum Gasteiger partial charge on any atom is 0.270 e. The maximum absolute atomic E-state index is 12.7. The van der Waals surface area contributed by atoms with Gasteiger partial charge in [-0.25, -0.2) is 9.97 Å². The Morgan fingerprint density at radius 2 is 1.69 bits per heavy atom. The van der Waals surface area contributed by atoms with E-state index in [0.717, 1.165) is 31.6 Å². The van der Waals surface area contributed by atoms with Crippen molar-refractivity contribution in [2.75, 3.05) is 23.3 Å². The highest BCUT2D eigenvalue weighted by molar-refractivity contribution is 5.93. The van der Waals surface area contributed by atoms with Crippen molar-refractivity contribution < 1.29 is 4.79 Å². The van der Waals surface area contributed by atoms with Crippen LogP contribution >= 0.6 is 0 Å². The Hall–Kier alpha value is -2.63. The van der Waals surface area contributed by atoms with E-state index in [9.17, 15) is 4.79 Å². The van der Waals surface area contributed by atoms with E-state index >= 15 is 0 Å². The predicted molar refractivity (Wildman–Crippen MR) is 119 cm³/mol. The van der Waals surface area contributed by atoms with Crippen molar-refractivity contribution in [1.29, 1.82) is 0 Å². The molecule has 2 aromatic rings. The van der Waals surface area contributed by atoms with Crippen LogP contribution < -0.4 is 15.5 Å². The molecule has 29 heavy (non-hydrogen) atoms. The van der Waals surface area contributed by atoms with Crippen molar-refractivity contribution >= 4 is 23.1 Å². The van der Waals surface area contributed by atoms with Crippen molar-refractivity contribution in [1.82, 2.24) is 15.3 Å². The van der Waals surface area contributed by atoms with Crippen molar-refractivity contribution in [3.05, 3.63) is 41.9 Å². The van der Waals surface area contributed by atoms with Crippen LogP contribution in [0.15, 0.2) is 30.3 Å². The molecule has 1 heterocycles. The van der Waals surface area contributed by atoms with E-state index in [2.05, 4.69) is 51.5 Å². The summed E-state index contributed by atoms with van der Waals surface area (Å²) in [6.07, 6.45) is 7.01. The Morgan fingerprint density at radius 1 is 1.03 bits per heavy atom. The average molecular weight is 396 g/mol. The lowest BCUT2D eigenvalue weighted by Crippen LogP contribution is -2.35. The molecule has 3 rings (SSSR count). The second kappa shape index (κ2) is 10.2. The Morgan fingerprint density at radius 3 is 2.31 bits per heavy atom. The number of anilines is 3. The molecule has 1 amide bonds. The van der Waals surface area contributed by atoms with E-state index in [-0.39, 0.29) is 11.9 Å². The molecule has 0 unspecified atom stereocenters. The Bertz CT molecular complexity index is 793. The number of rotatable bonds is 7. The van der Waals surface area contributed by atoms with Gasteiger partial charge < -0.3 is 15.5 Å². The third-order valence-electron chi connectivity index (χ3n) is 5.53. The van der Waals surface area contributed by atoms with Gasteiger partial charge in [-0.15, -0.1) is 0 Å². The summed E-state index contributed by atoms with van der Waals surface area (Å²) in [4.78, 5) is 23.8. The standard InChI is InChI=1S/C23H33N5O/c1-4-28(5-2)20-14-12-19(13-15-20)26-22-16-21(24-17(3)25-22)23(29)27-18-10-8-6-7-9-11-18/h12-16,18H,4-11H2,1-3H3,(H,27,29)(H,24,25,26). The average Bonchev–Trinajstić information content (AvgIpc) is 2.98. The minimum atomic E-state index is -0.109. The molecule has 1 aromatic heterocycles. The fourth-order valence-corrected chi connectivity index (χ4v) is 3.92. The van der Waals surface area contributed by atoms with Crippen molar-refractivity contribution in [3.63, 3.8) is 0 Å². The second-order valence-corrected chi connectivity index (χ2v) is 7.69. The highest BCUT2D eigenvalue weighted by Gasteiger charge is 2.17. The van der Waals surface area contributed by atoms with Gasteiger partial charge >= 0.3 is 0 Å². The number of hydrogen-bond acceptors (Lipinski definition) is 5. The molecule has 2 N–H and O–H groups in total. The molecule has 0 atom stereocenters. The van der Waals surface area contributed by atoms with Gasteiger partial charge in [0.05, 0.1) is 0 Å². The van der Waals surface area contributed by atoms with E-state index in [1.54, 1.807) is 6.07 Å². The van der Waals surface area contributed by atoms with Crippen LogP contribution in [0, 0.1) is 6.92 Å². The monoisotopic (exact) mass is 395 g/mol. The molecule has 0 saturated heterocycles. The molecule has 0 bridgehead atoms. The molecule has 156 valence electrons. The van der Waals surface area contributed by atoms with Crippen LogP contribution in [-0.2, 0) is 0 Å². The minimum absolute atomic E-state index is 0.109. The molecular weight excluding hydrogens is 362 g/mol. The van der Waals surface area contributed by atoms with Crippen LogP contribution in [0.5, 0.6) is 0 Å². The van der Waals surface area contributed by atoms with Crippen LogP contribution in [0.2, 0.25) is 0 Å². The molecule has 6 nitrogen and oxygen atoms in total. The number of carbonyl (C=O) groups excluding carboxylic acids is 1. The van der Waals surface area contributed by atoms with Crippen LogP contribution in [0.3, 0.4) is 0 Å². The quantitative estimate of drug-likeness (QED) is 0.657. The maximum atomic E-state index is 12.7. The van der Waals surface area contributed by atoms with E-state index in [1.807, 2.05) is 19.1 Å².